The number of carbonyl (C=O) groups excluding carboxylic acids is 1. The standard InChI is InChI=1S/C25H27N5O2S2/c1-14-12-32-6-5-30(14)25(31)15-3-4-18-20(8-15)34-24-22(18)23(27-13-28-24)29-19-7-16-10-26-11-17(16)9-21(19)33-2/h7,9-10,13-15H,3-6,8,11-12H2,1-2H3,(H,27,28,29)/t14-,15-/m0/s1. The molecule has 6 rings (SSSR count). The number of fused-ring (bicyclic) bond motifs is 4. The lowest BCUT2D eigenvalue weighted by molar-refractivity contribution is -0.143. The first-order valence-corrected chi connectivity index (χ1v) is 13.8. The Morgan fingerprint density at radius 2 is 2.24 bits per heavy atom. The lowest BCUT2D eigenvalue weighted by Crippen LogP contribution is -2.50. The molecule has 1 saturated heterocycles. The molecule has 0 spiro atoms. The second kappa shape index (κ2) is 8.94. The fraction of sp³-hybridized carbons (Fsp3) is 0.440. The Kier molecular flexibility index (Phi) is 5.79. The molecule has 0 bridgehead atoms. The number of rotatable bonds is 4. The normalized spacial score (nSPS) is 21.5. The highest BCUT2D eigenvalue weighted by molar-refractivity contribution is 7.98. The van der Waals surface area contributed by atoms with E-state index in [-0.39, 0.29) is 17.9 Å². The van der Waals surface area contributed by atoms with Crippen LogP contribution in [0.3, 0.4) is 0 Å². The second-order valence-corrected chi connectivity index (χ2v) is 11.1. The van der Waals surface area contributed by atoms with E-state index in [1.165, 1.54) is 20.9 Å². The van der Waals surface area contributed by atoms with Crippen molar-refractivity contribution in [1.29, 1.82) is 0 Å². The molecule has 0 unspecified atom stereocenters. The highest BCUT2D eigenvalue weighted by Crippen LogP contribution is 2.42. The van der Waals surface area contributed by atoms with E-state index in [1.54, 1.807) is 29.4 Å². The summed E-state index contributed by atoms with van der Waals surface area (Å²) in [5, 5.41) is 4.71. The van der Waals surface area contributed by atoms with Crippen LogP contribution >= 0.6 is 23.1 Å². The van der Waals surface area contributed by atoms with E-state index in [9.17, 15) is 4.79 Å². The number of hydrogen-bond donors (Lipinski definition) is 1. The number of thioether (sulfide) groups is 1. The zero-order chi connectivity index (χ0) is 23.2. The number of morpholine rings is 1. The van der Waals surface area contributed by atoms with Crippen molar-refractivity contribution in [3.05, 3.63) is 40.0 Å². The molecular formula is C25H27N5O2S2. The van der Waals surface area contributed by atoms with E-state index < -0.39 is 0 Å². The molecule has 176 valence electrons. The Morgan fingerprint density at radius 1 is 1.32 bits per heavy atom. The van der Waals surface area contributed by atoms with Gasteiger partial charge in [0.1, 0.15) is 17.0 Å². The number of aromatic nitrogens is 2. The van der Waals surface area contributed by atoms with Crippen LogP contribution in [-0.2, 0) is 28.9 Å². The lowest BCUT2D eigenvalue weighted by atomic mass is 9.86. The molecule has 2 atom stereocenters. The number of carbonyl (C=O) groups is 1. The van der Waals surface area contributed by atoms with Gasteiger partial charge in [-0.25, -0.2) is 9.97 Å². The Bertz CT molecular complexity index is 1300. The van der Waals surface area contributed by atoms with E-state index in [0.717, 1.165) is 53.1 Å². The summed E-state index contributed by atoms with van der Waals surface area (Å²) in [6, 6.07) is 4.54. The van der Waals surface area contributed by atoms with Crippen molar-refractivity contribution in [1.82, 2.24) is 14.9 Å². The Labute approximate surface area is 207 Å². The van der Waals surface area contributed by atoms with Gasteiger partial charge in [0, 0.05) is 28.4 Å². The summed E-state index contributed by atoms with van der Waals surface area (Å²) in [7, 11) is 0. The molecule has 34 heavy (non-hydrogen) atoms. The zero-order valence-electron chi connectivity index (χ0n) is 19.3. The van der Waals surface area contributed by atoms with Crippen molar-refractivity contribution in [3.63, 3.8) is 0 Å². The van der Waals surface area contributed by atoms with E-state index in [1.807, 2.05) is 11.1 Å². The van der Waals surface area contributed by atoms with Crippen molar-refractivity contribution in [2.75, 3.05) is 31.3 Å². The number of thiophene rings is 1. The third-order valence-electron chi connectivity index (χ3n) is 7.05. The number of nitrogens with one attached hydrogen (secondary N) is 1. The van der Waals surface area contributed by atoms with Gasteiger partial charge in [0.15, 0.2) is 0 Å². The first-order valence-electron chi connectivity index (χ1n) is 11.7. The summed E-state index contributed by atoms with van der Waals surface area (Å²) in [6.07, 6.45) is 8.19. The molecule has 9 heteroatoms. The molecule has 1 fully saturated rings. The summed E-state index contributed by atoms with van der Waals surface area (Å²) in [6.45, 7) is 4.78. The van der Waals surface area contributed by atoms with Crippen LogP contribution in [0.4, 0.5) is 11.5 Å². The van der Waals surface area contributed by atoms with E-state index >= 15 is 0 Å². The van der Waals surface area contributed by atoms with Crippen LogP contribution in [0.1, 0.15) is 34.9 Å². The number of aryl methyl sites for hydroxylation is 1. The summed E-state index contributed by atoms with van der Waals surface area (Å²) < 4.78 is 5.53. The van der Waals surface area contributed by atoms with Crippen LogP contribution in [0.5, 0.6) is 0 Å². The predicted molar refractivity (Wildman–Crippen MR) is 138 cm³/mol. The van der Waals surface area contributed by atoms with Crippen molar-refractivity contribution in [2.24, 2.45) is 10.9 Å². The van der Waals surface area contributed by atoms with Gasteiger partial charge in [-0.15, -0.1) is 23.1 Å². The SMILES string of the molecule is CSc1cc2c(cc1Nc1ncnc3sc4c(c13)CC[C@H](C(=O)N1CCOC[C@@H]1C)C4)C=NC2. The van der Waals surface area contributed by atoms with Gasteiger partial charge < -0.3 is 15.0 Å². The average molecular weight is 494 g/mol. The van der Waals surface area contributed by atoms with Crippen LogP contribution in [0.25, 0.3) is 10.2 Å². The molecule has 2 aromatic heterocycles. The number of benzene rings is 1. The molecule has 0 saturated carbocycles. The molecule has 1 aliphatic carbocycles. The minimum absolute atomic E-state index is 0.0320. The second-order valence-electron chi connectivity index (χ2n) is 9.15. The Morgan fingerprint density at radius 3 is 3.09 bits per heavy atom. The van der Waals surface area contributed by atoms with Gasteiger partial charge in [-0.1, -0.05) is 0 Å². The summed E-state index contributed by atoms with van der Waals surface area (Å²) in [5.74, 6) is 1.15. The predicted octanol–water partition coefficient (Wildman–Crippen LogP) is 4.44. The zero-order valence-corrected chi connectivity index (χ0v) is 21.0. The molecule has 3 aromatic rings. The Balaban J connectivity index is 1.31. The smallest absolute Gasteiger partial charge is 0.226 e. The van der Waals surface area contributed by atoms with Gasteiger partial charge in [-0.2, -0.15) is 0 Å². The van der Waals surface area contributed by atoms with Crippen LogP contribution in [-0.4, -0.2) is 59.0 Å². The molecule has 1 aromatic carbocycles. The van der Waals surface area contributed by atoms with Gasteiger partial charge in [0.2, 0.25) is 5.91 Å². The third kappa shape index (κ3) is 3.79. The van der Waals surface area contributed by atoms with Gasteiger partial charge in [0.05, 0.1) is 36.9 Å². The molecule has 1 amide bonds. The van der Waals surface area contributed by atoms with Gasteiger partial charge >= 0.3 is 0 Å². The fourth-order valence-corrected chi connectivity index (χ4v) is 7.09. The van der Waals surface area contributed by atoms with Crippen LogP contribution < -0.4 is 5.32 Å². The minimum atomic E-state index is 0.0320. The molecule has 3 aliphatic rings. The molecule has 2 aliphatic heterocycles. The van der Waals surface area contributed by atoms with Crippen molar-refractivity contribution < 1.29 is 9.53 Å². The number of hydrogen-bond acceptors (Lipinski definition) is 8. The Hall–Kier alpha value is -2.49. The van der Waals surface area contributed by atoms with Crippen molar-refractivity contribution in [2.45, 2.75) is 43.7 Å². The molecular weight excluding hydrogens is 466 g/mol. The quantitative estimate of drug-likeness (QED) is 0.541. The molecule has 1 N–H and O–H groups in total. The first-order chi connectivity index (χ1) is 16.6. The van der Waals surface area contributed by atoms with E-state index in [2.05, 4.69) is 45.6 Å². The minimum Gasteiger partial charge on any atom is -0.377 e. The number of amides is 1. The topological polar surface area (TPSA) is 79.7 Å². The summed E-state index contributed by atoms with van der Waals surface area (Å²) >= 11 is 3.43. The monoisotopic (exact) mass is 493 g/mol. The number of anilines is 2. The number of aliphatic imine (C=N–C) groups is 1. The van der Waals surface area contributed by atoms with E-state index in [4.69, 9.17) is 4.74 Å². The summed E-state index contributed by atoms with van der Waals surface area (Å²) in [4.78, 5) is 32.4. The fourth-order valence-electron chi connectivity index (χ4n) is 5.24. The highest BCUT2D eigenvalue weighted by atomic mass is 32.2. The molecule has 0 radical (unpaired) electrons. The maximum Gasteiger partial charge on any atom is 0.226 e. The van der Waals surface area contributed by atoms with Crippen molar-refractivity contribution in [3.8, 4) is 0 Å². The first kappa shape index (κ1) is 22.0. The maximum atomic E-state index is 13.3. The summed E-state index contributed by atoms with van der Waals surface area (Å²) in [5.41, 5.74) is 4.78. The average Bonchev–Trinajstić information content (AvgIpc) is 3.47. The van der Waals surface area contributed by atoms with Gasteiger partial charge in [0.25, 0.3) is 0 Å². The third-order valence-corrected chi connectivity index (χ3v) is 8.99. The maximum absolute atomic E-state index is 13.3. The van der Waals surface area contributed by atoms with Crippen molar-refractivity contribution >= 4 is 56.9 Å². The van der Waals surface area contributed by atoms with Gasteiger partial charge in [-0.05, 0) is 61.3 Å². The van der Waals surface area contributed by atoms with E-state index in [0.29, 0.717) is 19.8 Å². The highest BCUT2D eigenvalue weighted by Gasteiger charge is 2.34. The van der Waals surface area contributed by atoms with Crippen LogP contribution in [0, 0.1) is 5.92 Å². The van der Waals surface area contributed by atoms with Crippen LogP contribution in [0.2, 0.25) is 0 Å². The largest absolute Gasteiger partial charge is 0.377 e. The number of nitrogens with zero attached hydrogens (tertiary/aromatic N) is 4. The van der Waals surface area contributed by atoms with Crippen LogP contribution in [0.15, 0.2) is 28.3 Å². The number of ether oxygens (including phenoxy) is 1. The molecule has 4 heterocycles. The lowest BCUT2D eigenvalue weighted by Gasteiger charge is -2.36. The van der Waals surface area contributed by atoms with Gasteiger partial charge in [-0.3, -0.25) is 9.79 Å². The molecule has 7 nitrogen and oxygen atoms in total.